The first kappa shape index (κ1) is 16.6. The number of rotatable bonds is 6. The van der Waals surface area contributed by atoms with Crippen LogP contribution < -0.4 is 0 Å². The maximum atomic E-state index is 13.7. The lowest BCUT2D eigenvalue weighted by Gasteiger charge is -2.25. The van der Waals surface area contributed by atoms with Crippen LogP contribution in [0.25, 0.3) is 0 Å². The van der Waals surface area contributed by atoms with E-state index in [1.54, 1.807) is 24.5 Å². The first-order chi connectivity index (χ1) is 11.7. The molecule has 1 aliphatic heterocycles. The molecule has 1 atom stereocenters. The molecule has 2 aromatic rings. The largest absolute Gasteiger partial charge is 0.340 e. The number of amides is 1. The summed E-state index contributed by atoms with van der Waals surface area (Å²) < 4.78 is 13.7. The maximum Gasteiger partial charge on any atom is 0.223 e. The van der Waals surface area contributed by atoms with Crippen LogP contribution in [0.1, 0.15) is 36.8 Å². The Hall–Kier alpha value is -2.23. The van der Waals surface area contributed by atoms with Gasteiger partial charge in [0.2, 0.25) is 5.91 Å². The molecule has 1 saturated heterocycles. The number of likely N-dealkylation sites (tertiary alicyclic amines) is 1. The quantitative estimate of drug-likeness (QED) is 0.809. The zero-order valence-electron chi connectivity index (χ0n) is 13.8. The Morgan fingerprint density at radius 3 is 2.75 bits per heavy atom. The number of hydrogen-bond acceptors (Lipinski definition) is 2. The number of benzene rings is 1. The molecule has 0 N–H and O–H groups in total. The molecular formula is C20H23FN2O. The molecular weight excluding hydrogens is 303 g/mol. The molecule has 0 aliphatic carbocycles. The molecule has 24 heavy (non-hydrogen) atoms. The lowest BCUT2D eigenvalue weighted by atomic mass is 10.0. The summed E-state index contributed by atoms with van der Waals surface area (Å²) in [6.45, 7) is 0.830. The Labute approximate surface area is 142 Å². The van der Waals surface area contributed by atoms with Gasteiger partial charge in [0, 0.05) is 31.4 Å². The predicted molar refractivity (Wildman–Crippen MR) is 92.0 cm³/mol. The Bertz CT molecular complexity index is 674. The van der Waals surface area contributed by atoms with Gasteiger partial charge in [0.15, 0.2) is 0 Å². The second kappa shape index (κ2) is 8.04. The van der Waals surface area contributed by atoms with Gasteiger partial charge in [-0.3, -0.25) is 9.78 Å². The monoisotopic (exact) mass is 326 g/mol. The van der Waals surface area contributed by atoms with Gasteiger partial charge in [-0.15, -0.1) is 0 Å². The lowest BCUT2D eigenvalue weighted by molar-refractivity contribution is -0.132. The average Bonchev–Trinajstić information content (AvgIpc) is 3.08. The predicted octanol–water partition coefficient (Wildman–Crippen LogP) is 3.78. The van der Waals surface area contributed by atoms with Crippen LogP contribution in [0.2, 0.25) is 0 Å². The molecule has 1 unspecified atom stereocenters. The molecule has 4 heteroatoms. The van der Waals surface area contributed by atoms with E-state index in [1.165, 1.54) is 11.6 Å². The Balaban J connectivity index is 1.52. The van der Waals surface area contributed by atoms with Crippen LogP contribution in [-0.2, 0) is 17.6 Å². The summed E-state index contributed by atoms with van der Waals surface area (Å²) in [5.41, 5.74) is 1.88. The topological polar surface area (TPSA) is 33.2 Å². The molecule has 0 spiro atoms. The van der Waals surface area contributed by atoms with Gasteiger partial charge in [0.1, 0.15) is 5.82 Å². The zero-order valence-corrected chi connectivity index (χ0v) is 13.8. The summed E-state index contributed by atoms with van der Waals surface area (Å²) in [6.07, 6.45) is 8.54. The van der Waals surface area contributed by atoms with Gasteiger partial charge in [0.05, 0.1) is 0 Å². The summed E-state index contributed by atoms with van der Waals surface area (Å²) in [7, 11) is 0. The van der Waals surface area contributed by atoms with Crippen molar-refractivity contribution in [3.63, 3.8) is 0 Å². The van der Waals surface area contributed by atoms with Crippen molar-refractivity contribution in [2.45, 2.75) is 44.6 Å². The minimum Gasteiger partial charge on any atom is -0.340 e. The molecule has 1 aromatic heterocycles. The number of pyridine rings is 1. The molecule has 1 amide bonds. The Morgan fingerprint density at radius 2 is 1.96 bits per heavy atom. The van der Waals surface area contributed by atoms with E-state index >= 15 is 0 Å². The number of aromatic nitrogens is 1. The molecule has 1 fully saturated rings. The van der Waals surface area contributed by atoms with Gasteiger partial charge in [-0.25, -0.2) is 4.39 Å². The Morgan fingerprint density at radius 1 is 1.17 bits per heavy atom. The number of hydrogen-bond donors (Lipinski definition) is 0. The van der Waals surface area contributed by atoms with Crippen molar-refractivity contribution in [3.8, 4) is 0 Å². The molecule has 0 bridgehead atoms. The fourth-order valence-electron chi connectivity index (χ4n) is 3.43. The minimum absolute atomic E-state index is 0.149. The number of nitrogens with zero attached hydrogens (tertiary/aromatic N) is 2. The summed E-state index contributed by atoms with van der Waals surface area (Å²) in [6, 6.07) is 11.1. The third-order valence-electron chi connectivity index (χ3n) is 4.78. The molecule has 1 aromatic carbocycles. The molecule has 0 radical (unpaired) electrons. The number of carbonyl (C=O) groups is 1. The minimum atomic E-state index is -0.221. The molecule has 3 rings (SSSR count). The van der Waals surface area contributed by atoms with Crippen molar-refractivity contribution < 1.29 is 9.18 Å². The SMILES string of the molecule is O=C(CCc1ccccc1F)N1CCCC1CCc1ccncc1. The van der Waals surface area contributed by atoms with Crippen molar-refractivity contribution in [2.24, 2.45) is 0 Å². The van der Waals surface area contributed by atoms with Crippen LogP contribution in [-0.4, -0.2) is 28.4 Å². The Kier molecular flexibility index (Phi) is 5.57. The summed E-state index contributed by atoms with van der Waals surface area (Å²) in [5, 5.41) is 0. The highest BCUT2D eigenvalue weighted by Gasteiger charge is 2.28. The summed E-state index contributed by atoms with van der Waals surface area (Å²) in [5.74, 6) is -0.0727. The molecule has 1 aliphatic rings. The van der Waals surface area contributed by atoms with E-state index in [4.69, 9.17) is 0 Å². The maximum absolute atomic E-state index is 13.7. The van der Waals surface area contributed by atoms with Crippen LogP contribution in [0.4, 0.5) is 4.39 Å². The van der Waals surface area contributed by atoms with E-state index in [1.807, 2.05) is 23.1 Å². The van der Waals surface area contributed by atoms with Crippen molar-refractivity contribution >= 4 is 5.91 Å². The molecule has 0 saturated carbocycles. The van der Waals surface area contributed by atoms with Crippen molar-refractivity contribution in [1.29, 1.82) is 0 Å². The van der Waals surface area contributed by atoms with Crippen molar-refractivity contribution in [2.75, 3.05) is 6.54 Å². The van der Waals surface area contributed by atoms with E-state index in [9.17, 15) is 9.18 Å². The summed E-state index contributed by atoms with van der Waals surface area (Å²) >= 11 is 0. The molecule has 2 heterocycles. The van der Waals surface area contributed by atoms with Crippen LogP contribution >= 0.6 is 0 Å². The second-order valence-corrected chi connectivity index (χ2v) is 6.37. The fraction of sp³-hybridized carbons (Fsp3) is 0.400. The number of carbonyl (C=O) groups excluding carboxylic acids is 1. The average molecular weight is 326 g/mol. The van der Waals surface area contributed by atoms with E-state index in [-0.39, 0.29) is 11.7 Å². The highest BCUT2D eigenvalue weighted by molar-refractivity contribution is 5.77. The zero-order chi connectivity index (χ0) is 16.8. The van der Waals surface area contributed by atoms with Crippen LogP contribution in [0.5, 0.6) is 0 Å². The first-order valence-corrected chi connectivity index (χ1v) is 8.66. The van der Waals surface area contributed by atoms with Gasteiger partial charge >= 0.3 is 0 Å². The van der Waals surface area contributed by atoms with E-state index in [0.29, 0.717) is 24.4 Å². The van der Waals surface area contributed by atoms with Crippen LogP contribution in [0, 0.1) is 5.82 Å². The van der Waals surface area contributed by atoms with Gasteiger partial charge in [-0.2, -0.15) is 0 Å². The number of aryl methyl sites for hydroxylation is 2. The van der Waals surface area contributed by atoms with Gasteiger partial charge in [-0.05, 0) is 61.4 Å². The second-order valence-electron chi connectivity index (χ2n) is 6.37. The van der Waals surface area contributed by atoms with Crippen LogP contribution in [0.15, 0.2) is 48.8 Å². The smallest absolute Gasteiger partial charge is 0.223 e. The number of halogens is 1. The first-order valence-electron chi connectivity index (χ1n) is 8.66. The van der Waals surface area contributed by atoms with Gasteiger partial charge in [0.25, 0.3) is 0 Å². The molecule has 126 valence electrons. The van der Waals surface area contributed by atoms with E-state index in [2.05, 4.69) is 4.98 Å². The highest BCUT2D eigenvalue weighted by Crippen LogP contribution is 2.23. The van der Waals surface area contributed by atoms with Gasteiger partial charge in [-0.1, -0.05) is 18.2 Å². The van der Waals surface area contributed by atoms with Crippen molar-refractivity contribution in [3.05, 3.63) is 65.7 Å². The summed E-state index contributed by atoms with van der Waals surface area (Å²) in [4.78, 5) is 18.6. The highest BCUT2D eigenvalue weighted by atomic mass is 19.1. The molecule has 3 nitrogen and oxygen atoms in total. The standard InChI is InChI=1S/C20H23FN2O/c21-19-6-2-1-4-17(19)8-10-20(24)23-15-3-5-18(23)9-7-16-11-13-22-14-12-16/h1-2,4,6,11-14,18H,3,5,7-10,15H2. The third kappa shape index (κ3) is 4.19. The van der Waals surface area contributed by atoms with E-state index in [0.717, 1.165) is 32.2 Å². The van der Waals surface area contributed by atoms with Gasteiger partial charge < -0.3 is 4.90 Å². The lowest BCUT2D eigenvalue weighted by Crippen LogP contribution is -2.36. The van der Waals surface area contributed by atoms with Crippen molar-refractivity contribution in [1.82, 2.24) is 9.88 Å². The fourth-order valence-corrected chi connectivity index (χ4v) is 3.43. The van der Waals surface area contributed by atoms with Crippen LogP contribution in [0.3, 0.4) is 0 Å². The normalized spacial score (nSPS) is 17.2. The third-order valence-corrected chi connectivity index (χ3v) is 4.78. The van der Waals surface area contributed by atoms with E-state index < -0.39 is 0 Å².